The number of furan rings is 1. The molecule has 0 unspecified atom stereocenters. The molecule has 0 saturated heterocycles. The number of hydrogen-bond acceptors (Lipinski definition) is 4. The van der Waals surface area contributed by atoms with E-state index in [1.54, 1.807) is 6.07 Å². The lowest BCUT2D eigenvalue weighted by Crippen LogP contribution is -2.16. The predicted octanol–water partition coefficient (Wildman–Crippen LogP) is 4.81. The van der Waals surface area contributed by atoms with Crippen LogP contribution >= 0.6 is 0 Å². The SMILES string of the molecule is Oc1ccc2c(oc3ccccc32)c1N1CNc2ccccc21. The molecule has 5 rings (SSSR count). The molecule has 0 amide bonds. The summed E-state index contributed by atoms with van der Waals surface area (Å²) in [6, 6.07) is 19.7. The van der Waals surface area contributed by atoms with Gasteiger partial charge in [0.05, 0.1) is 18.0 Å². The van der Waals surface area contributed by atoms with Gasteiger partial charge in [-0.15, -0.1) is 0 Å². The molecular formula is C19H14N2O2. The van der Waals surface area contributed by atoms with Crippen molar-refractivity contribution in [3.05, 3.63) is 60.7 Å². The first-order chi connectivity index (χ1) is 11.3. The van der Waals surface area contributed by atoms with Crippen LogP contribution in [0, 0.1) is 0 Å². The largest absolute Gasteiger partial charge is 0.506 e. The molecule has 1 aliphatic rings. The summed E-state index contributed by atoms with van der Waals surface area (Å²) >= 11 is 0. The van der Waals surface area contributed by atoms with Crippen LogP contribution in [0.2, 0.25) is 0 Å². The quantitative estimate of drug-likeness (QED) is 0.529. The predicted molar refractivity (Wildman–Crippen MR) is 92.5 cm³/mol. The van der Waals surface area contributed by atoms with Gasteiger partial charge < -0.3 is 19.7 Å². The van der Waals surface area contributed by atoms with Gasteiger partial charge in [0.2, 0.25) is 0 Å². The monoisotopic (exact) mass is 302 g/mol. The maximum absolute atomic E-state index is 10.5. The summed E-state index contributed by atoms with van der Waals surface area (Å²) in [5, 5.41) is 15.9. The first-order valence-electron chi connectivity index (χ1n) is 7.56. The average Bonchev–Trinajstić information content (AvgIpc) is 3.16. The highest BCUT2D eigenvalue weighted by atomic mass is 16.3. The van der Waals surface area contributed by atoms with Crippen molar-refractivity contribution in [1.82, 2.24) is 0 Å². The number of para-hydroxylation sites is 3. The van der Waals surface area contributed by atoms with Gasteiger partial charge in [-0.25, -0.2) is 0 Å². The molecule has 0 spiro atoms. The second kappa shape index (κ2) is 4.43. The van der Waals surface area contributed by atoms with Gasteiger partial charge in [0.1, 0.15) is 17.0 Å². The number of nitrogens with zero attached hydrogens (tertiary/aromatic N) is 1. The van der Waals surface area contributed by atoms with Crippen LogP contribution in [-0.4, -0.2) is 11.8 Å². The Kier molecular flexibility index (Phi) is 2.39. The molecule has 0 radical (unpaired) electrons. The lowest BCUT2D eigenvalue weighted by atomic mass is 10.1. The molecule has 112 valence electrons. The van der Waals surface area contributed by atoms with Crippen molar-refractivity contribution in [2.24, 2.45) is 0 Å². The number of phenols is 1. The molecule has 4 nitrogen and oxygen atoms in total. The highest BCUT2D eigenvalue weighted by Crippen LogP contribution is 2.46. The van der Waals surface area contributed by atoms with E-state index < -0.39 is 0 Å². The third-order valence-electron chi connectivity index (χ3n) is 4.39. The van der Waals surface area contributed by atoms with Gasteiger partial charge in [0.15, 0.2) is 5.58 Å². The minimum atomic E-state index is 0.218. The van der Waals surface area contributed by atoms with Gasteiger partial charge >= 0.3 is 0 Å². The van der Waals surface area contributed by atoms with Gasteiger partial charge in [-0.2, -0.15) is 0 Å². The fourth-order valence-electron chi connectivity index (χ4n) is 3.33. The lowest BCUT2D eigenvalue weighted by Gasteiger charge is -2.19. The molecule has 1 aromatic heterocycles. The lowest BCUT2D eigenvalue weighted by molar-refractivity contribution is 0.475. The van der Waals surface area contributed by atoms with Gasteiger partial charge in [0.25, 0.3) is 0 Å². The molecular weight excluding hydrogens is 288 g/mol. The van der Waals surface area contributed by atoms with Crippen molar-refractivity contribution in [3.63, 3.8) is 0 Å². The third kappa shape index (κ3) is 1.66. The minimum absolute atomic E-state index is 0.218. The number of hydrogen-bond donors (Lipinski definition) is 2. The first kappa shape index (κ1) is 12.4. The number of rotatable bonds is 1. The Bertz CT molecular complexity index is 1050. The van der Waals surface area contributed by atoms with Crippen molar-refractivity contribution in [2.75, 3.05) is 16.9 Å². The summed E-state index contributed by atoms with van der Waals surface area (Å²) in [5.41, 5.74) is 4.34. The molecule has 4 aromatic rings. The van der Waals surface area contributed by atoms with E-state index in [4.69, 9.17) is 4.42 Å². The van der Waals surface area contributed by atoms with Crippen molar-refractivity contribution in [3.8, 4) is 5.75 Å². The fraction of sp³-hybridized carbons (Fsp3) is 0.0526. The van der Waals surface area contributed by atoms with Crippen molar-refractivity contribution in [1.29, 1.82) is 0 Å². The van der Waals surface area contributed by atoms with E-state index in [1.165, 1.54) is 0 Å². The minimum Gasteiger partial charge on any atom is -0.506 e. The molecule has 0 saturated carbocycles. The number of fused-ring (bicyclic) bond motifs is 4. The smallest absolute Gasteiger partial charge is 0.162 e. The number of nitrogens with one attached hydrogen (secondary N) is 1. The van der Waals surface area contributed by atoms with Gasteiger partial charge in [-0.1, -0.05) is 30.3 Å². The van der Waals surface area contributed by atoms with E-state index in [2.05, 4.69) is 10.2 Å². The molecule has 0 fully saturated rings. The van der Waals surface area contributed by atoms with E-state index in [9.17, 15) is 5.11 Å². The van der Waals surface area contributed by atoms with Crippen LogP contribution in [0.3, 0.4) is 0 Å². The van der Waals surface area contributed by atoms with Crippen LogP contribution in [0.25, 0.3) is 21.9 Å². The molecule has 0 atom stereocenters. The van der Waals surface area contributed by atoms with Crippen LogP contribution in [-0.2, 0) is 0 Å². The zero-order valence-electron chi connectivity index (χ0n) is 12.3. The van der Waals surface area contributed by atoms with E-state index >= 15 is 0 Å². The summed E-state index contributed by atoms with van der Waals surface area (Å²) in [6.07, 6.45) is 0. The Balaban J connectivity index is 1.83. The molecule has 1 aliphatic heterocycles. The molecule has 0 bridgehead atoms. The molecule has 23 heavy (non-hydrogen) atoms. The highest BCUT2D eigenvalue weighted by Gasteiger charge is 2.26. The van der Waals surface area contributed by atoms with E-state index in [0.29, 0.717) is 17.9 Å². The Morgan fingerprint density at radius 1 is 0.913 bits per heavy atom. The van der Waals surface area contributed by atoms with Crippen molar-refractivity contribution < 1.29 is 9.52 Å². The second-order valence-corrected chi connectivity index (χ2v) is 5.69. The maximum atomic E-state index is 10.5. The topological polar surface area (TPSA) is 48.6 Å². The normalized spacial score (nSPS) is 13.5. The zero-order chi connectivity index (χ0) is 15.4. The summed E-state index contributed by atoms with van der Waals surface area (Å²) in [4.78, 5) is 2.05. The van der Waals surface area contributed by atoms with E-state index in [-0.39, 0.29) is 5.75 Å². The standard InChI is InChI=1S/C19H14N2O2/c22-16-10-9-13-12-5-1-4-8-17(12)23-19(13)18(16)21-11-20-14-6-2-3-7-15(14)21/h1-10,20,22H,11H2. The summed E-state index contributed by atoms with van der Waals surface area (Å²) in [6.45, 7) is 0.600. The Hall–Kier alpha value is -3.14. The fourth-order valence-corrected chi connectivity index (χ4v) is 3.33. The second-order valence-electron chi connectivity index (χ2n) is 5.69. The maximum Gasteiger partial charge on any atom is 0.162 e. The first-order valence-corrected chi connectivity index (χ1v) is 7.56. The zero-order valence-corrected chi connectivity index (χ0v) is 12.3. The van der Waals surface area contributed by atoms with E-state index in [1.807, 2.05) is 54.6 Å². The van der Waals surface area contributed by atoms with Crippen LogP contribution < -0.4 is 10.2 Å². The molecule has 3 aromatic carbocycles. The molecule has 2 N–H and O–H groups in total. The number of benzene rings is 3. The van der Waals surface area contributed by atoms with Crippen LogP contribution in [0.1, 0.15) is 0 Å². The number of aromatic hydroxyl groups is 1. The Labute approximate surface area is 132 Å². The number of phenolic OH excluding ortho intramolecular Hbond substituents is 1. The van der Waals surface area contributed by atoms with Crippen LogP contribution in [0.5, 0.6) is 5.75 Å². The Morgan fingerprint density at radius 2 is 1.74 bits per heavy atom. The van der Waals surface area contributed by atoms with Crippen molar-refractivity contribution >= 4 is 39.0 Å². The highest BCUT2D eigenvalue weighted by molar-refractivity contribution is 6.11. The van der Waals surface area contributed by atoms with Gasteiger partial charge in [-0.05, 0) is 30.3 Å². The summed E-state index contributed by atoms with van der Waals surface area (Å²) in [7, 11) is 0. The summed E-state index contributed by atoms with van der Waals surface area (Å²) < 4.78 is 6.06. The van der Waals surface area contributed by atoms with Crippen molar-refractivity contribution in [2.45, 2.75) is 0 Å². The van der Waals surface area contributed by atoms with E-state index in [0.717, 1.165) is 27.7 Å². The van der Waals surface area contributed by atoms with Gasteiger partial charge in [0, 0.05) is 10.8 Å². The molecule has 2 heterocycles. The van der Waals surface area contributed by atoms with Crippen LogP contribution in [0.4, 0.5) is 17.1 Å². The average molecular weight is 302 g/mol. The molecule has 4 heteroatoms. The molecule has 0 aliphatic carbocycles. The third-order valence-corrected chi connectivity index (χ3v) is 4.39. The summed E-state index contributed by atoms with van der Waals surface area (Å²) in [5.74, 6) is 0.218. The number of anilines is 3. The van der Waals surface area contributed by atoms with Crippen LogP contribution in [0.15, 0.2) is 65.1 Å². The Morgan fingerprint density at radius 3 is 2.70 bits per heavy atom. The van der Waals surface area contributed by atoms with Gasteiger partial charge in [-0.3, -0.25) is 0 Å².